The summed E-state index contributed by atoms with van der Waals surface area (Å²) in [6.07, 6.45) is 3.07. The maximum atomic E-state index is 13.3. The number of ketones is 1. The van der Waals surface area contributed by atoms with Gasteiger partial charge in [0.2, 0.25) is 5.78 Å². The second-order valence-corrected chi connectivity index (χ2v) is 7.20. The highest BCUT2D eigenvalue weighted by Gasteiger charge is 2.33. The van der Waals surface area contributed by atoms with E-state index < -0.39 is 0 Å². The van der Waals surface area contributed by atoms with Crippen molar-refractivity contribution in [3.63, 3.8) is 0 Å². The third kappa shape index (κ3) is 2.55. The lowest BCUT2D eigenvalue weighted by atomic mass is 10.00. The molecule has 0 aliphatic carbocycles. The van der Waals surface area contributed by atoms with E-state index in [2.05, 4.69) is 0 Å². The van der Waals surface area contributed by atoms with Crippen LogP contribution in [0.3, 0.4) is 0 Å². The summed E-state index contributed by atoms with van der Waals surface area (Å²) in [6.45, 7) is 5.59. The Hall–Kier alpha value is -2.50. The van der Waals surface area contributed by atoms with Crippen LogP contribution >= 0.6 is 0 Å². The molecule has 4 heterocycles. The number of nitrogens with zero attached hydrogens (tertiary/aromatic N) is 2. The van der Waals surface area contributed by atoms with Crippen molar-refractivity contribution >= 4 is 11.8 Å². The molecular formula is C20H24N2O4. The number of hydrogen-bond donors (Lipinski definition) is 1. The van der Waals surface area contributed by atoms with Crippen LogP contribution in [0.1, 0.15) is 65.2 Å². The molecular weight excluding hydrogens is 332 g/mol. The Kier molecular flexibility index (Phi) is 4.13. The van der Waals surface area contributed by atoms with Crippen LogP contribution < -0.4 is 0 Å². The summed E-state index contributed by atoms with van der Waals surface area (Å²) in [4.78, 5) is 25.1. The second-order valence-electron chi connectivity index (χ2n) is 7.20. The number of esters is 1. The van der Waals surface area contributed by atoms with E-state index in [0.717, 1.165) is 42.8 Å². The molecule has 2 aromatic heterocycles. The molecule has 26 heavy (non-hydrogen) atoms. The lowest BCUT2D eigenvalue weighted by Gasteiger charge is -2.10. The zero-order valence-electron chi connectivity index (χ0n) is 15.2. The van der Waals surface area contributed by atoms with E-state index in [-0.39, 0.29) is 23.4 Å². The molecule has 2 aliphatic rings. The molecule has 0 saturated heterocycles. The number of carbonyl (C=O) groups excluding carboxylic acids is 2. The minimum absolute atomic E-state index is 0.0701. The van der Waals surface area contributed by atoms with Gasteiger partial charge in [-0.2, -0.15) is 0 Å². The Morgan fingerprint density at radius 1 is 1.23 bits per heavy atom. The second kappa shape index (κ2) is 6.34. The molecule has 0 bridgehead atoms. The van der Waals surface area contributed by atoms with Crippen molar-refractivity contribution in [3.8, 4) is 5.75 Å². The molecule has 0 aromatic carbocycles. The maximum Gasteiger partial charge on any atom is 0.306 e. The topological polar surface area (TPSA) is 73.5 Å². The summed E-state index contributed by atoms with van der Waals surface area (Å²) in [5.74, 6) is -0.169. The molecule has 1 unspecified atom stereocenters. The van der Waals surface area contributed by atoms with Crippen LogP contribution in [0, 0.1) is 6.92 Å². The van der Waals surface area contributed by atoms with E-state index in [0.29, 0.717) is 31.0 Å². The van der Waals surface area contributed by atoms with E-state index in [1.165, 1.54) is 0 Å². The van der Waals surface area contributed by atoms with Crippen molar-refractivity contribution in [1.82, 2.24) is 9.13 Å². The molecule has 2 aliphatic heterocycles. The van der Waals surface area contributed by atoms with E-state index in [4.69, 9.17) is 4.74 Å². The number of aromatic hydroxyl groups is 1. The largest absolute Gasteiger partial charge is 0.506 e. The monoisotopic (exact) mass is 356 g/mol. The number of carbonyl (C=O) groups is 2. The predicted molar refractivity (Wildman–Crippen MR) is 95.6 cm³/mol. The van der Waals surface area contributed by atoms with Gasteiger partial charge in [-0.3, -0.25) is 9.59 Å². The molecule has 1 atom stereocenters. The van der Waals surface area contributed by atoms with E-state index in [1.54, 1.807) is 13.0 Å². The highest BCUT2D eigenvalue weighted by Crippen LogP contribution is 2.37. The first-order valence-electron chi connectivity index (χ1n) is 9.33. The van der Waals surface area contributed by atoms with Gasteiger partial charge in [0.15, 0.2) is 0 Å². The number of fused-ring (bicyclic) bond motifs is 2. The zero-order chi connectivity index (χ0) is 18.4. The van der Waals surface area contributed by atoms with Crippen LogP contribution in [0.5, 0.6) is 5.75 Å². The van der Waals surface area contributed by atoms with Gasteiger partial charge in [-0.15, -0.1) is 0 Å². The van der Waals surface area contributed by atoms with E-state index in [9.17, 15) is 14.7 Å². The van der Waals surface area contributed by atoms with Gasteiger partial charge in [0.25, 0.3) is 0 Å². The summed E-state index contributed by atoms with van der Waals surface area (Å²) in [5.41, 5.74) is 3.97. The standard InChI is InChI=1S/C20H24N2O4/c1-3-26-17(24)10-13-6-8-22-15(13)9-12(2)18(22)20(25)19-16(23)11-14-5-4-7-21(14)19/h9,11,13,23H,3-8,10H2,1-2H3. The zero-order valence-corrected chi connectivity index (χ0v) is 15.2. The summed E-state index contributed by atoms with van der Waals surface area (Å²) >= 11 is 0. The fourth-order valence-corrected chi connectivity index (χ4v) is 4.47. The first-order valence-corrected chi connectivity index (χ1v) is 9.33. The van der Waals surface area contributed by atoms with Crippen LogP contribution in [0.2, 0.25) is 0 Å². The van der Waals surface area contributed by atoms with Gasteiger partial charge in [0, 0.05) is 36.5 Å². The molecule has 0 amide bonds. The van der Waals surface area contributed by atoms with E-state index in [1.807, 2.05) is 22.1 Å². The fourth-order valence-electron chi connectivity index (χ4n) is 4.47. The number of hydrogen-bond acceptors (Lipinski definition) is 4. The van der Waals surface area contributed by atoms with Crippen molar-refractivity contribution < 1.29 is 19.4 Å². The van der Waals surface area contributed by atoms with Crippen molar-refractivity contribution in [2.75, 3.05) is 6.61 Å². The summed E-state index contributed by atoms with van der Waals surface area (Å²) in [5, 5.41) is 10.3. The average molecular weight is 356 g/mol. The smallest absolute Gasteiger partial charge is 0.306 e. The van der Waals surface area contributed by atoms with Gasteiger partial charge < -0.3 is 19.0 Å². The molecule has 4 rings (SSSR count). The van der Waals surface area contributed by atoms with Crippen LogP contribution in [0.4, 0.5) is 0 Å². The van der Waals surface area contributed by atoms with Gasteiger partial charge in [-0.05, 0) is 44.7 Å². The lowest BCUT2D eigenvalue weighted by Crippen LogP contribution is -2.15. The van der Waals surface area contributed by atoms with Gasteiger partial charge in [-0.25, -0.2) is 0 Å². The van der Waals surface area contributed by atoms with Crippen molar-refractivity contribution in [3.05, 3.63) is 40.5 Å². The Morgan fingerprint density at radius 3 is 2.81 bits per heavy atom. The fraction of sp³-hybridized carbons (Fsp3) is 0.500. The number of rotatable bonds is 5. The summed E-state index contributed by atoms with van der Waals surface area (Å²) in [7, 11) is 0. The molecule has 0 fully saturated rings. The normalized spacial score (nSPS) is 18.0. The maximum absolute atomic E-state index is 13.3. The molecule has 0 saturated carbocycles. The van der Waals surface area contributed by atoms with Crippen LogP contribution in [-0.2, 0) is 29.0 Å². The molecule has 0 radical (unpaired) electrons. The highest BCUT2D eigenvalue weighted by molar-refractivity contribution is 6.10. The van der Waals surface area contributed by atoms with Crippen LogP contribution in [0.25, 0.3) is 0 Å². The Balaban J connectivity index is 1.67. The highest BCUT2D eigenvalue weighted by atomic mass is 16.5. The average Bonchev–Trinajstić information content (AvgIpc) is 3.29. The minimum Gasteiger partial charge on any atom is -0.506 e. The third-order valence-corrected chi connectivity index (χ3v) is 5.56. The SMILES string of the molecule is CCOC(=O)CC1CCn2c1cc(C)c2C(=O)c1c(O)cc2n1CCC2. The van der Waals surface area contributed by atoms with Gasteiger partial charge in [0.05, 0.1) is 18.7 Å². The number of ether oxygens (including phenoxy) is 1. The number of aryl methyl sites for hydroxylation is 2. The molecule has 2 aromatic rings. The molecule has 0 spiro atoms. The quantitative estimate of drug-likeness (QED) is 0.660. The third-order valence-electron chi connectivity index (χ3n) is 5.56. The predicted octanol–water partition coefficient (Wildman–Crippen LogP) is 2.92. The van der Waals surface area contributed by atoms with Gasteiger partial charge in [0.1, 0.15) is 11.4 Å². The molecule has 138 valence electrons. The Labute approximate surface area is 152 Å². The van der Waals surface area contributed by atoms with Crippen molar-refractivity contribution in [1.29, 1.82) is 0 Å². The minimum atomic E-state index is -0.195. The first kappa shape index (κ1) is 16.9. The van der Waals surface area contributed by atoms with Gasteiger partial charge >= 0.3 is 5.97 Å². The summed E-state index contributed by atoms with van der Waals surface area (Å²) in [6, 6.07) is 3.72. The van der Waals surface area contributed by atoms with Crippen molar-refractivity contribution in [2.45, 2.75) is 58.5 Å². The van der Waals surface area contributed by atoms with Crippen molar-refractivity contribution in [2.24, 2.45) is 0 Å². The Morgan fingerprint density at radius 2 is 2.04 bits per heavy atom. The Bertz CT molecular complexity index is 890. The lowest BCUT2D eigenvalue weighted by molar-refractivity contribution is -0.143. The van der Waals surface area contributed by atoms with Crippen LogP contribution in [-0.4, -0.2) is 32.6 Å². The molecule has 1 N–H and O–H groups in total. The van der Waals surface area contributed by atoms with Crippen LogP contribution in [0.15, 0.2) is 12.1 Å². The summed E-state index contributed by atoms with van der Waals surface area (Å²) < 4.78 is 9.05. The van der Waals surface area contributed by atoms with Gasteiger partial charge in [-0.1, -0.05) is 0 Å². The molecule has 6 heteroatoms. The first-order chi connectivity index (χ1) is 12.5. The van der Waals surface area contributed by atoms with E-state index >= 15 is 0 Å². The molecule has 6 nitrogen and oxygen atoms in total. The number of aromatic nitrogens is 2.